The van der Waals surface area contributed by atoms with E-state index in [1.165, 1.54) is 12.4 Å². The van der Waals surface area contributed by atoms with Crippen LogP contribution in [0.4, 0.5) is 4.79 Å². The Hall–Kier alpha value is -1.52. The van der Waals surface area contributed by atoms with Crippen LogP contribution in [0.1, 0.15) is 13.8 Å². The van der Waals surface area contributed by atoms with Crippen molar-refractivity contribution in [3.63, 3.8) is 0 Å². The minimum atomic E-state index is -0.687. The molecule has 1 heterocycles. The van der Waals surface area contributed by atoms with E-state index in [-0.39, 0.29) is 6.10 Å². The predicted molar refractivity (Wildman–Crippen MR) is 39.4 cm³/mol. The lowest BCUT2D eigenvalue weighted by Crippen LogP contribution is -2.16. The Kier molecular flexibility index (Phi) is 2.32. The van der Waals surface area contributed by atoms with Crippen LogP contribution in [0.25, 0.3) is 0 Å². The second kappa shape index (κ2) is 3.25. The number of hydrogen-bond acceptors (Lipinski definition) is 3. The van der Waals surface area contributed by atoms with Crippen LogP contribution in [-0.4, -0.2) is 21.7 Å². The summed E-state index contributed by atoms with van der Waals surface area (Å²) in [7, 11) is 0. The second-order valence-corrected chi connectivity index (χ2v) is 2.51. The van der Waals surface area contributed by atoms with Gasteiger partial charge in [0.2, 0.25) is 0 Å². The summed E-state index contributed by atoms with van der Waals surface area (Å²) < 4.78 is 5.58. The third-order valence-corrected chi connectivity index (χ3v) is 1.14. The Morgan fingerprint density at radius 1 is 1.67 bits per heavy atom. The lowest BCUT2D eigenvalue weighted by molar-refractivity contribution is 0.113. The number of carbonyl (C=O) groups is 1. The molecule has 0 atom stereocenters. The van der Waals surface area contributed by atoms with Gasteiger partial charge < -0.3 is 4.74 Å². The van der Waals surface area contributed by atoms with Gasteiger partial charge in [-0.25, -0.2) is 14.5 Å². The molecule has 12 heavy (non-hydrogen) atoms. The first-order valence-corrected chi connectivity index (χ1v) is 3.52. The topological polar surface area (TPSA) is 64.0 Å². The van der Waals surface area contributed by atoms with E-state index < -0.39 is 12.1 Å². The highest BCUT2D eigenvalue weighted by Crippen LogP contribution is 2.06. The summed E-state index contributed by atoms with van der Waals surface area (Å²) in [6.45, 7) is 3.42. The van der Waals surface area contributed by atoms with E-state index in [1.54, 1.807) is 13.8 Å². The largest absolute Gasteiger partial charge is 0.446 e. The molecule has 1 aromatic rings. The van der Waals surface area contributed by atoms with Gasteiger partial charge in [0.05, 0.1) is 6.10 Å². The zero-order valence-corrected chi connectivity index (χ0v) is 6.85. The Balaban J connectivity index is 2.72. The van der Waals surface area contributed by atoms with Crippen molar-refractivity contribution in [1.29, 1.82) is 0 Å². The summed E-state index contributed by atoms with van der Waals surface area (Å²) in [5.41, 5.74) is 0. The summed E-state index contributed by atoms with van der Waals surface area (Å²) in [5.74, 6) is 0. The number of hydrogen-bond donors (Lipinski definition) is 0. The van der Waals surface area contributed by atoms with Crippen molar-refractivity contribution in [2.45, 2.75) is 20.0 Å². The maximum Gasteiger partial charge on any atom is 0.422 e. The lowest BCUT2D eigenvalue weighted by Gasteiger charge is -2.06. The van der Waals surface area contributed by atoms with Crippen molar-refractivity contribution < 1.29 is 14.6 Å². The Morgan fingerprint density at radius 3 is 2.75 bits per heavy atom. The summed E-state index contributed by atoms with van der Waals surface area (Å²) in [5, 5.41) is 10.8. The van der Waals surface area contributed by atoms with Crippen molar-refractivity contribution in [3.05, 3.63) is 12.4 Å². The summed E-state index contributed by atoms with van der Waals surface area (Å²) in [6.07, 6.45) is 1.60. The van der Waals surface area contributed by atoms with Crippen LogP contribution in [0, 0.1) is 0 Å². The highest BCUT2D eigenvalue weighted by Gasteiger charge is 2.12. The number of rotatable bonds is 1. The van der Waals surface area contributed by atoms with E-state index in [4.69, 9.17) is 4.74 Å². The fourth-order valence-corrected chi connectivity index (χ4v) is 0.687. The van der Waals surface area contributed by atoms with Crippen LogP contribution in [-0.2, 0) is 9.84 Å². The first-order valence-electron chi connectivity index (χ1n) is 3.52. The monoisotopic (exact) mass is 169 g/mol. The molecule has 0 aliphatic carbocycles. The fourth-order valence-electron chi connectivity index (χ4n) is 0.687. The summed E-state index contributed by atoms with van der Waals surface area (Å²) in [4.78, 5) is 14.4. The molecule has 0 aromatic carbocycles. The average Bonchev–Trinajstić information content (AvgIpc) is 2.33. The number of ether oxygens (including phenoxy) is 1. The molecule has 0 saturated heterocycles. The normalized spacial score (nSPS) is 10.2. The van der Waals surface area contributed by atoms with Gasteiger partial charge in [-0.1, -0.05) is 0 Å². The van der Waals surface area contributed by atoms with Gasteiger partial charge in [0.25, 0.3) is 0 Å². The standard InChI is InChI=1S/C7H9N2O3/c1-5(2)12-7(11)9-4-3-8-6(9)10/h3-5H,1-2H3. The maximum atomic E-state index is 11.0. The summed E-state index contributed by atoms with van der Waals surface area (Å²) in [6, 6.07) is -0.611. The third kappa shape index (κ3) is 1.75. The van der Waals surface area contributed by atoms with Gasteiger partial charge >= 0.3 is 12.1 Å². The van der Waals surface area contributed by atoms with E-state index >= 15 is 0 Å². The second-order valence-electron chi connectivity index (χ2n) is 2.51. The van der Waals surface area contributed by atoms with Gasteiger partial charge in [0.15, 0.2) is 0 Å². The molecular formula is C7H9N2O3. The van der Waals surface area contributed by atoms with Crippen molar-refractivity contribution >= 4 is 6.09 Å². The molecule has 0 fully saturated rings. The molecule has 5 nitrogen and oxygen atoms in total. The van der Waals surface area contributed by atoms with Gasteiger partial charge in [0, 0.05) is 12.4 Å². The zero-order chi connectivity index (χ0) is 9.14. The van der Waals surface area contributed by atoms with Crippen LogP contribution in [0.2, 0.25) is 0 Å². The van der Waals surface area contributed by atoms with Crippen LogP contribution in [0.5, 0.6) is 6.01 Å². The van der Waals surface area contributed by atoms with Crippen molar-refractivity contribution in [1.82, 2.24) is 9.55 Å². The maximum absolute atomic E-state index is 11.0. The van der Waals surface area contributed by atoms with E-state index in [0.717, 1.165) is 4.57 Å². The van der Waals surface area contributed by atoms with E-state index in [2.05, 4.69) is 4.98 Å². The molecule has 1 rings (SSSR count). The van der Waals surface area contributed by atoms with Gasteiger partial charge in [-0.05, 0) is 13.8 Å². The Morgan fingerprint density at radius 2 is 2.33 bits per heavy atom. The van der Waals surface area contributed by atoms with Crippen LogP contribution in [0.3, 0.4) is 0 Å². The van der Waals surface area contributed by atoms with Crippen LogP contribution >= 0.6 is 0 Å². The predicted octanol–water partition coefficient (Wildman–Crippen LogP) is 1.42. The molecular weight excluding hydrogens is 160 g/mol. The molecule has 0 saturated carbocycles. The lowest BCUT2D eigenvalue weighted by atomic mass is 10.5. The molecule has 0 aliphatic heterocycles. The number of aromatic nitrogens is 2. The molecule has 0 bridgehead atoms. The van der Waals surface area contributed by atoms with Crippen LogP contribution in [0.15, 0.2) is 12.4 Å². The highest BCUT2D eigenvalue weighted by atomic mass is 16.6. The smallest absolute Gasteiger partial charge is 0.422 e. The highest BCUT2D eigenvalue weighted by molar-refractivity contribution is 5.71. The molecule has 65 valence electrons. The van der Waals surface area contributed by atoms with E-state index in [0.29, 0.717) is 0 Å². The van der Waals surface area contributed by atoms with Gasteiger partial charge in [0.1, 0.15) is 0 Å². The third-order valence-electron chi connectivity index (χ3n) is 1.14. The zero-order valence-electron chi connectivity index (χ0n) is 6.85. The summed E-state index contributed by atoms with van der Waals surface area (Å²) >= 11 is 0. The first kappa shape index (κ1) is 8.58. The molecule has 0 spiro atoms. The Bertz CT molecular complexity index is 280. The fraction of sp³-hybridized carbons (Fsp3) is 0.429. The number of carbonyl (C=O) groups excluding carboxylic acids is 1. The van der Waals surface area contributed by atoms with E-state index in [9.17, 15) is 9.90 Å². The SMILES string of the molecule is CC(C)OC(=O)n1ccnc1[O]. The molecule has 0 unspecified atom stereocenters. The molecule has 5 heteroatoms. The Labute approximate surface area is 69.6 Å². The van der Waals surface area contributed by atoms with Crippen LogP contribution < -0.4 is 0 Å². The van der Waals surface area contributed by atoms with Crippen molar-refractivity contribution in [3.8, 4) is 6.01 Å². The first-order chi connectivity index (χ1) is 5.61. The van der Waals surface area contributed by atoms with Gasteiger partial charge in [-0.15, -0.1) is 0 Å². The minimum Gasteiger partial charge on any atom is -0.446 e. The molecule has 0 aliphatic rings. The van der Waals surface area contributed by atoms with E-state index in [1.807, 2.05) is 0 Å². The molecule has 1 radical (unpaired) electrons. The molecule has 0 N–H and O–H groups in total. The molecule has 1 aromatic heterocycles. The minimum absolute atomic E-state index is 0.237. The van der Waals surface area contributed by atoms with Crippen molar-refractivity contribution in [2.24, 2.45) is 0 Å². The quantitative estimate of drug-likeness (QED) is 0.638. The number of nitrogens with zero attached hydrogens (tertiary/aromatic N) is 2. The van der Waals surface area contributed by atoms with Gasteiger partial charge in [-0.2, -0.15) is 4.98 Å². The number of imidazole rings is 1. The van der Waals surface area contributed by atoms with Crippen molar-refractivity contribution in [2.75, 3.05) is 0 Å². The molecule has 0 amide bonds. The van der Waals surface area contributed by atoms with Gasteiger partial charge in [-0.3, -0.25) is 0 Å². The average molecular weight is 169 g/mol.